The van der Waals surface area contributed by atoms with Crippen molar-refractivity contribution in [3.63, 3.8) is 0 Å². The third-order valence-corrected chi connectivity index (χ3v) is 18.0. The molecule has 4 aromatic carbocycles. The summed E-state index contributed by atoms with van der Waals surface area (Å²) < 4.78 is 25.2. The van der Waals surface area contributed by atoms with Crippen LogP contribution in [-0.2, 0) is 33.9 Å². The van der Waals surface area contributed by atoms with E-state index in [0.29, 0.717) is 58.8 Å². The summed E-state index contributed by atoms with van der Waals surface area (Å²) in [6, 6.07) is 26.0. The summed E-state index contributed by atoms with van der Waals surface area (Å²) in [6.07, 6.45) is 10.9. The van der Waals surface area contributed by atoms with Gasteiger partial charge in [-0.25, -0.2) is 4.98 Å². The molecule has 5 heterocycles. The quantitative estimate of drug-likeness (QED) is 0.0488. The summed E-state index contributed by atoms with van der Waals surface area (Å²) in [5.41, 5.74) is 7.73. The molecular weight excluding hydrogens is 985 g/mol. The average Bonchev–Trinajstić information content (AvgIpc) is 3.56. The van der Waals surface area contributed by atoms with Crippen molar-refractivity contribution < 1.29 is 28.4 Å². The number of para-hydroxylation sites is 1. The molecular formula is C58H71ClN9O6P. The lowest BCUT2D eigenvalue weighted by atomic mass is 9.85. The summed E-state index contributed by atoms with van der Waals surface area (Å²) in [7, 11) is -0.845. The fourth-order valence-corrected chi connectivity index (χ4v) is 13.3. The zero-order valence-corrected chi connectivity index (χ0v) is 45.4. The smallest absolute Gasteiger partial charge is 0.255 e. The maximum absolute atomic E-state index is 13.3. The topological polar surface area (TPSA) is 162 Å². The number of nitrogens with zero attached hydrogens (tertiary/aromatic N) is 6. The molecule has 0 spiro atoms. The van der Waals surface area contributed by atoms with Crippen LogP contribution in [0.1, 0.15) is 102 Å². The summed E-state index contributed by atoms with van der Waals surface area (Å²) in [5.74, 6) is 2.51. The van der Waals surface area contributed by atoms with Gasteiger partial charge in [-0.3, -0.25) is 24.6 Å². The highest BCUT2D eigenvalue weighted by molar-refractivity contribution is 7.70. The van der Waals surface area contributed by atoms with Gasteiger partial charge in [0.1, 0.15) is 36.3 Å². The lowest BCUT2D eigenvalue weighted by Gasteiger charge is -2.38. The van der Waals surface area contributed by atoms with Crippen molar-refractivity contribution >= 4 is 64.9 Å². The van der Waals surface area contributed by atoms with Crippen molar-refractivity contribution in [3.05, 3.63) is 123 Å². The number of aryl methyl sites for hydroxylation is 1. The van der Waals surface area contributed by atoms with Crippen LogP contribution >= 0.6 is 18.7 Å². The number of anilines is 4. The van der Waals surface area contributed by atoms with Crippen molar-refractivity contribution in [2.45, 2.75) is 102 Å². The number of methoxy groups -OCH3 is 1. The molecule has 5 aliphatic rings. The Morgan fingerprint density at radius 1 is 0.800 bits per heavy atom. The Kier molecular flexibility index (Phi) is 16.3. The molecule has 1 aliphatic carbocycles. The van der Waals surface area contributed by atoms with Gasteiger partial charge in [0.2, 0.25) is 17.8 Å². The predicted molar refractivity (Wildman–Crippen MR) is 296 cm³/mol. The van der Waals surface area contributed by atoms with Crippen LogP contribution in [0.25, 0.3) is 0 Å². The highest BCUT2D eigenvalue weighted by Gasteiger charge is 2.40. The van der Waals surface area contributed by atoms with Gasteiger partial charge in [-0.15, -0.1) is 0 Å². The molecule has 0 radical (unpaired) electrons. The second-order valence-corrected chi connectivity index (χ2v) is 25.2. The fourth-order valence-electron chi connectivity index (χ4n) is 12.1. The van der Waals surface area contributed by atoms with Crippen molar-refractivity contribution in [3.8, 4) is 11.5 Å². The van der Waals surface area contributed by atoms with E-state index in [4.69, 9.17) is 26.1 Å². The predicted octanol–water partition coefficient (Wildman–Crippen LogP) is 9.47. The number of hydrogen-bond donors (Lipinski definition) is 3. The maximum atomic E-state index is 13.3. The Labute approximate surface area is 446 Å². The maximum Gasteiger partial charge on any atom is 0.255 e. The molecule has 4 aliphatic heterocycles. The van der Waals surface area contributed by atoms with Crippen molar-refractivity contribution in [1.29, 1.82) is 0 Å². The summed E-state index contributed by atoms with van der Waals surface area (Å²) in [5, 5.41) is 10.1. The standard InChI is InChI=1S/C58H71ClN9O6P/c1-38-31-49(62-58-60-33-47(59)55(64-58)61-48-12-5-6-14-53(48)75(3,4)72)52(73-2)32-45(38)42-23-25-67(26-24-42)43-10-7-9-39(19-20-43)34-65-27-29-66(30-28-65)35-40-15-17-41(18-16-40)37-74-51-13-8-11-44-46(51)36-68(57(44)71)50-21-22-54(69)63-56(50)70/h5-6,8,11-18,31-33,39,42-43,50H,7,9-10,19-30,34-37H2,1-4H3,(H,63,69,70)(H2,60,61,62,64)/t39?,43?,50-/m1/s1. The third kappa shape index (κ3) is 12.4. The number of carbonyl (C=O) groups is 3. The molecule has 1 saturated carbocycles. The lowest BCUT2D eigenvalue weighted by Crippen LogP contribution is -2.52. The molecule has 15 nitrogen and oxygen atoms in total. The first-order chi connectivity index (χ1) is 36.3. The van der Waals surface area contributed by atoms with E-state index >= 15 is 0 Å². The van der Waals surface area contributed by atoms with Crippen LogP contribution in [0, 0.1) is 12.8 Å². The number of hydrogen-bond acceptors (Lipinski definition) is 13. The Bertz CT molecular complexity index is 2940. The number of likely N-dealkylation sites (tertiary alicyclic amines) is 1. The van der Waals surface area contributed by atoms with E-state index in [1.54, 1.807) is 37.6 Å². The minimum absolute atomic E-state index is 0.200. The van der Waals surface area contributed by atoms with Gasteiger partial charge in [0.05, 0.1) is 31.2 Å². The van der Waals surface area contributed by atoms with Crippen LogP contribution in [0.2, 0.25) is 5.02 Å². The van der Waals surface area contributed by atoms with Gasteiger partial charge in [0.25, 0.3) is 5.91 Å². The molecule has 0 bridgehead atoms. The van der Waals surface area contributed by atoms with Crippen LogP contribution < -0.4 is 30.7 Å². The number of imide groups is 1. The van der Waals surface area contributed by atoms with E-state index in [1.165, 1.54) is 55.3 Å². The second kappa shape index (κ2) is 23.2. The second-order valence-electron chi connectivity index (χ2n) is 21.6. The number of piperidine rings is 2. The number of aromatic nitrogens is 2. The van der Waals surface area contributed by atoms with Gasteiger partial charge in [-0.2, -0.15) is 4.98 Å². The first-order valence-electron chi connectivity index (χ1n) is 26.8. The molecule has 10 rings (SSSR count). The molecule has 3 amide bonds. The summed E-state index contributed by atoms with van der Waals surface area (Å²) in [4.78, 5) is 56.3. The van der Waals surface area contributed by atoms with Gasteiger partial charge < -0.3 is 39.4 Å². The lowest BCUT2D eigenvalue weighted by molar-refractivity contribution is -0.136. The van der Waals surface area contributed by atoms with E-state index in [9.17, 15) is 18.9 Å². The van der Waals surface area contributed by atoms with Gasteiger partial charge in [0.15, 0.2) is 5.82 Å². The van der Waals surface area contributed by atoms with E-state index in [-0.39, 0.29) is 24.8 Å². The number of carbonyl (C=O) groups excluding carboxylic acids is 3. The van der Waals surface area contributed by atoms with Crippen LogP contribution in [0.15, 0.2) is 85.1 Å². The third-order valence-electron chi connectivity index (χ3n) is 16.2. The van der Waals surface area contributed by atoms with Gasteiger partial charge in [-0.05, 0) is 149 Å². The van der Waals surface area contributed by atoms with Crippen LogP contribution in [0.5, 0.6) is 11.5 Å². The Morgan fingerprint density at radius 3 is 2.32 bits per heavy atom. The molecule has 75 heavy (non-hydrogen) atoms. The van der Waals surface area contributed by atoms with E-state index in [2.05, 4.69) is 79.0 Å². The molecule has 396 valence electrons. The zero-order valence-electron chi connectivity index (χ0n) is 43.8. The van der Waals surface area contributed by atoms with E-state index < -0.39 is 19.1 Å². The summed E-state index contributed by atoms with van der Waals surface area (Å²) in [6.45, 7) is 15.1. The zero-order chi connectivity index (χ0) is 52.2. The Balaban J connectivity index is 0.649. The number of nitrogens with one attached hydrogen (secondary N) is 3. The minimum Gasteiger partial charge on any atom is -0.495 e. The number of piperazine rings is 1. The molecule has 3 N–H and O–H groups in total. The largest absolute Gasteiger partial charge is 0.495 e. The normalized spacial score (nSPS) is 21.4. The molecule has 2 unspecified atom stereocenters. The molecule has 4 fully saturated rings. The van der Waals surface area contributed by atoms with Crippen molar-refractivity contribution in [2.24, 2.45) is 5.92 Å². The average molecular weight is 1060 g/mol. The number of amides is 3. The summed E-state index contributed by atoms with van der Waals surface area (Å²) >= 11 is 6.55. The highest BCUT2D eigenvalue weighted by atomic mass is 35.5. The molecule has 1 aromatic heterocycles. The molecule has 17 heteroatoms. The Morgan fingerprint density at radius 2 is 1.56 bits per heavy atom. The SMILES string of the molecule is COc1cc(C2CCN(C3CCCC(CN4CCN(Cc5ccc(COc6cccc7c6CN([C@@H]6CCC(=O)NC6=O)C7=O)cc5)CC4)CC3)CC2)c(C)cc1Nc1ncc(Cl)c(Nc2ccccc2P(C)(C)=O)n1. The van der Waals surface area contributed by atoms with Crippen molar-refractivity contribution in [2.75, 3.05) is 76.9 Å². The number of benzene rings is 4. The molecule has 3 saturated heterocycles. The molecule has 3 atom stereocenters. The van der Waals surface area contributed by atoms with E-state index in [0.717, 1.165) is 92.4 Å². The highest BCUT2D eigenvalue weighted by Crippen LogP contribution is 2.41. The van der Waals surface area contributed by atoms with Crippen LogP contribution in [0.3, 0.4) is 0 Å². The number of halogens is 1. The number of rotatable bonds is 16. The van der Waals surface area contributed by atoms with E-state index in [1.807, 2.05) is 36.4 Å². The first-order valence-corrected chi connectivity index (χ1v) is 29.8. The van der Waals surface area contributed by atoms with Crippen LogP contribution in [0.4, 0.5) is 23.1 Å². The van der Waals surface area contributed by atoms with Gasteiger partial charge in [-0.1, -0.05) is 60.5 Å². The first kappa shape index (κ1) is 52.6. The monoisotopic (exact) mass is 1060 g/mol. The molecule has 5 aromatic rings. The van der Waals surface area contributed by atoms with Crippen molar-refractivity contribution in [1.82, 2.24) is 34.9 Å². The van der Waals surface area contributed by atoms with Gasteiger partial charge in [0, 0.05) is 68.2 Å². The van der Waals surface area contributed by atoms with Gasteiger partial charge >= 0.3 is 0 Å². The number of ether oxygens (including phenoxy) is 2. The number of fused-ring (bicyclic) bond motifs is 1. The Hall–Kier alpha value is -5.83. The minimum atomic E-state index is -2.55. The fraction of sp³-hybridized carbons (Fsp3) is 0.466. The van der Waals surface area contributed by atoms with Crippen LogP contribution in [-0.4, -0.2) is 126 Å².